The summed E-state index contributed by atoms with van der Waals surface area (Å²) in [5.41, 5.74) is 1.41. The van der Waals surface area contributed by atoms with Crippen molar-refractivity contribution in [3.8, 4) is 0 Å². The molecule has 7 heteroatoms. The van der Waals surface area contributed by atoms with Crippen LogP contribution >= 0.6 is 11.6 Å². The maximum absolute atomic E-state index is 12.1. The Morgan fingerprint density at radius 2 is 1.78 bits per heavy atom. The predicted molar refractivity (Wildman–Crippen MR) is 90.2 cm³/mol. The summed E-state index contributed by atoms with van der Waals surface area (Å²) in [6.07, 6.45) is 0. The zero-order valence-electron chi connectivity index (χ0n) is 12.5. The van der Waals surface area contributed by atoms with Gasteiger partial charge in [0.15, 0.2) is 0 Å². The molecule has 2 rings (SSSR count). The summed E-state index contributed by atoms with van der Waals surface area (Å²) in [7, 11) is -3.57. The highest BCUT2D eigenvalue weighted by Crippen LogP contribution is 2.11. The first-order chi connectivity index (χ1) is 10.9. The number of amides is 1. The van der Waals surface area contributed by atoms with E-state index in [4.69, 9.17) is 11.6 Å². The van der Waals surface area contributed by atoms with Crippen LogP contribution in [0.3, 0.4) is 0 Å². The van der Waals surface area contributed by atoms with Crippen LogP contribution < -0.4 is 10.0 Å². The molecule has 122 valence electrons. The molecule has 0 aliphatic heterocycles. The average molecular weight is 353 g/mol. The van der Waals surface area contributed by atoms with Crippen LogP contribution in [0.25, 0.3) is 0 Å². The van der Waals surface area contributed by atoms with Gasteiger partial charge in [-0.2, -0.15) is 0 Å². The molecular formula is C16H17ClN2O3S. The Morgan fingerprint density at radius 3 is 2.43 bits per heavy atom. The molecular weight excluding hydrogens is 336 g/mol. The second-order valence-corrected chi connectivity index (χ2v) is 7.18. The quantitative estimate of drug-likeness (QED) is 0.784. The number of hydrogen-bond acceptors (Lipinski definition) is 3. The molecule has 23 heavy (non-hydrogen) atoms. The number of aryl methyl sites for hydroxylation is 1. The fraction of sp³-hybridized carbons (Fsp3) is 0.188. The lowest BCUT2D eigenvalue weighted by Gasteiger charge is -2.08. The van der Waals surface area contributed by atoms with E-state index in [1.54, 1.807) is 48.5 Å². The van der Waals surface area contributed by atoms with Gasteiger partial charge in [-0.15, -0.1) is 0 Å². The minimum atomic E-state index is -3.57. The summed E-state index contributed by atoms with van der Waals surface area (Å²) in [5, 5.41) is 3.10. The third-order valence-electron chi connectivity index (χ3n) is 3.12. The summed E-state index contributed by atoms with van der Waals surface area (Å²) in [6.45, 7) is 2.16. The number of halogens is 1. The molecule has 0 saturated heterocycles. The monoisotopic (exact) mass is 352 g/mol. The zero-order chi connectivity index (χ0) is 16.9. The molecule has 0 radical (unpaired) electrons. The van der Waals surface area contributed by atoms with E-state index in [2.05, 4.69) is 10.0 Å². The fourth-order valence-electron chi connectivity index (χ4n) is 1.89. The van der Waals surface area contributed by atoms with Gasteiger partial charge in [0.1, 0.15) is 0 Å². The normalized spacial score (nSPS) is 11.2. The molecule has 5 nitrogen and oxygen atoms in total. The molecule has 0 bridgehead atoms. The van der Waals surface area contributed by atoms with Crippen molar-refractivity contribution >= 4 is 27.5 Å². The van der Waals surface area contributed by atoms with Crippen LogP contribution in [-0.2, 0) is 10.0 Å². The Labute approximate surface area is 140 Å². The molecule has 0 atom stereocenters. The van der Waals surface area contributed by atoms with Crippen molar-refractivity contribution in [1.29, 1.82) is 0 Å². The van der Waals surface area contributed by atoms with Gasteiger partial charge in [0.05, 0.1) is 4.90 Å². The number of benzene rings is 2. The van der Waals surface area contributed by atoms with Gasteiger partial charge in [-0.25, -0.2) is 13.1 Å². The Morgan fingerprint density at radius 1 is 1.09 bits per heavy atom. The highest BCUT2D eigenvalue weighted by molar-refractivity contribution is 7.89. The van der Waals surface area contributed by atoms with E-state index < -0.39 is 10.0 Å². The molecule has 1 amide bonds. The van der Waals surface area contributed by atoms with Crippen LogP contribution in [0.15, 0.2) is 53.4 Å². The molecule has 0 aromatic heterocycles. The minimum absolute atomic E-state index is 0.0997. The minimum Gasteiger partial charge on any atom is -0.351 e. The van der Waals surface area contributed by atoms with Gasteiger partial charge in [0, 0.05) is 23.7 Å². The molecule has 2 aromatic carbocycles. The van der Waals surface area contributed by atoms with Gasteiger partial charge in [0.2, 0.25) is 10.0 Å². The standard InChI is InChI=1S/C16H17ClN2O3S/c1-12-5-7-15(8-6-12)23(21,22)19-10-9-18-16(20)13-3-2-4-14(17)11-13/h2-8,11,19H,9-10H2,1H3,(H,18,20). The average Bonchev–Trinajstić information content (AvgIpc) is 2.52. The van der Waals surface area contributed by atoms with Crippen molar-refractivity contribution in [2.45, 2.75) is 11.8 Å². The van der Waals surface area contributed by atoms with Crippen LogP contribution in [0.4, 0.5) is 0 Å². The van der Waals surface area contributed by atoms with Crippen molar-refractivity contribution in [3.05, 3.63) is 64.7 Å². The van der Waals surface area contributed by atoms with Crippen LogP contribution in [-0.4, -0.2) is 27.4 Å². The molecule has 0 spiro atoms. The molecule has 0 aliphatic carbocycles. The lowest BCUT2D eigenvalue weighted by atomic mass is 10.2. The van der Waals surface area contributed by atoms with Gasteiger partial charge >= 0.3 is 0 Å². The zero-order valence-corrected chi connectivity index (χ0v) is 14.1. The van der Waals surface area contributed by atoms with Crippen molar-refractivity contribution in [3.63, 3.8) is 0 Å². The lowest BCUT2D eigenvalue weighted by Crippen LogP contribution is -2.34. The van der Waals surface area contributed by atoms with Gasteiger partial charge < -0.3 is 5.32 Å². The SMILES string of the molecule is Cc1ccc(S(=O)(=O)NCCNC(=O)c2cccc(Cl)c2)cc1. The Bertz CT molecular complexity index is 789. The second-order valence-electron chi connectivity index (χ2n) is 4.98. The van der Waals surface area contributed by atoms with Crippen LogP contribution in [0, 0.1) is 6.92 Å². The van der Waals surface area contributed by atoms with Crippen LogP contribution in [0.5, 0.6) is 0 Å². The smallest absolute Gasteiger partial charge is 0.251 e. The summed E-state index contributed by atoms with van der Waals surface area (Å²) in [4.78, 5) is 12.1. The van der Waals surface area contributed by atoms with E-state index in [9.17, 15) is 13.2 Å². The summed E-state index contributed by atoms with van der Waals surface area (Å²) >= 11 is 5.82. The van der Waals surface area contributed by atoms with Crippen molar-refractivity contribution in [2.75, 3.05) is 13.1 Å². The first-order valence-electron chi connectivity index (χ1n) is 6.98. The van der Waals surface area contributed by atoms with Gasteiger partial charge in [0.25, 0.3) is 5.91 Å². The van der Waals surface area contributed by atoms with Crippen molar-refractivity contribution in [1.82, 2.24) is 10.0 Å². The maximum Gasteiger partial charge on any atom is 0.251 e. The van der Waals surface area contributed by atoms with E-state index in [0.717, 1.165) is 5.56 Å². The number of nitrogens with one attached hydrogen (secondary N) is 2. The van der Waals surface area contributed by atoms with E-state index in [1.807, 2.05) is 6.92 Å². The molecule has 0 aliphatic rings. The fourth-order valence-corrected chi connectivity index (χ4v) is 3.12. The van der Waals surface area contributed by atoms with Crippen LogP contribution in [0.2, 0.25) is 5.02 Å². The first kappa shape index (κ1) is 17.5. The Kier molecular flexibility index (Phi) is 5.76. The second kappa shape index (κ2) is 7.59. The highest BCUT2D eigenvalue weighted by atomic mass is 35.5. The summed E-state index contributed by atoms with van der Waals surface area (Å²) < 4.78 is 26.6. The number of carbonyl (C=O) groups excluding carboxylic acids is 1. The topological polar surface area (TPSA) is 75.3 Å². The predicted octanol–water partition coefficient (Wildman–Crippen LogP) is 2.36. The first-order valence-corrected chi connectivity index (χ1v) is 8.85. The highest BCUT2D eigenvalue weighted by Gasteiger charge is 2.13. The van der Waals surface area contributed by atoms with E-state index in [-0.39, 0.29) is 23.9 Å². The lowest BCUT2D eigenvalue weighted by molar-refractivity contribution is 0.0954. The van der Waals surface area contributed by atoms with Gasteiger partial charge in [-0.1, -0.05) is 35.4 Å². The molecule has 2 N–H and O–H groups in total. The molecule has 0 heterocycles. The van der Waals surface area contributed by atoms with Gasteiger partial charge in [-0.05, 0) is 37.3 Å². The molecule has 0 fully saturated rings. The third-order valence-corrected chi connectivity index (χ3v) is 4.83. The molecule has 0 unspecified atom stereocenters. The Balaban J connectivity index is 1.85. The van der Waals surface area contributed by atoms with E-state index >= 15 is 0 Å². The van der Waals surface area contributed by atoms with Crippen molar-refractivity contribution < 1.29 is 13.2 Å². The number of hydrogen-bond donors (Lipinski definition) is 2. The largest absolute Gasteiger partial charge is 0.351 e. The maximum atomic E-state index is 12.1. The number of carbonyl (C=O) groups is 1. The van der Waals surface area contributed by atoms with Gasteiger partial charge in [-0.3, -0.25) is 4.79 Å². The van der Waals surface area contributed by atoms with E-state index in [0.29, 0.717) is 10.6 Å². The summed E-state index contributed by atoms with van der Waals surface area (Å²) in [5.74, 6) is -0.304. The number of sulfonamides is 1. The van der Waals surface area contributed by atoms with Crippen LogP contribution in [0.1, 0.15) is 15.9 Å². The Hall–Kier alpha value is -1.89. The summed E-state index contributed by atoms with van der Waals surface area (Å²) in [6, 6.07) is 13.1. The molecule has 2 aromatic rings. The number of rotatable bonds is 6. The third kappa shape index (κ3) is 5.06. The van der Waals surface area contributed by atoms with E-state index in [1.165, 1.54) is 0 Å². The van der Waals surface area contributed by atoms with Crippen molar-refractivity contribution in [2.24, 2.45) is 0 Å². The molecule has 0 saturated carbocycles.